The summed E-state index contributed by atoms with van der Waals surface area (Å²) in [6, 6.07) is 57.7. The molecule has 0 N–H and O–H groups in total. The van der Waals surface area contributed by atoms with Gasteiger partial charge in [-0.2, -0.15) is 34.5 Å². The van der Waals surface area contributed by atoms with Gasteiger partial charge in [0.25, 0.3) is 0 Å². The van der Waals surface area contributed by atoms with Crippen LogP contribution >= 0.6 is 0 Å². The first kappa shape index (κ1) is 32.0. The van der Waals surface area contributed by atoms with E-state index in [0.29, 0.717) is 0 Å². The summed E-state index contributed by atoms with van der Waals surface area (Å²) in [5.41, 5.74) is 9.96. The van der Waals surface area contributed by atoms with Crippen molar-refractivity contribution in [1.82, 2.24) is 28.7 Å². The van der Waals surface area contributed by atoms with E-state index in [1.54, 1.807) is 0 Å². The van der Waals surface area contributed by atoms with Crippen LogP contribution in [0.5, 0.6) is 0 Å². The van der Waals surface area contributed by atoms with Crippen LogP contribution in [0.1, 0.15) is 25.2 Å². The average molecular weight is 852 g/mol. The second-order valence-electron chi connectivity index (χ2n) is 13.5. The van der Waals surface area contributed by atoms with Crippen molar-refractivity contribution < 1.29 is 21.1 Å². The number of rotatable bonds is 6. The summed E-state index contributed by atoms with van der Waals surface area (Å²) in [5.74, 6) is 0. The van der Waals surface area contributed by atoms with Crippen molar-refractivity contribution in [3.8, 4) is 22.7 Å². The van der Waals surface area contributed by atoms with Gasteiger partial charge in [-0.05, 0) is 61.6 Å². The van der Waals surface area contributed by atoms with Gasteiger partial charge in [0.2, 0.25) is 0 Å². The molecule has 7 heteroatoms. The van der Waals surface area contributed by atoms with E-state index in [1.807, 2.05) is 33.9 Å². The van der Waals surface area contributed by atoms with Gasteiger partial charge in [-0.15, -0.1) is 24.3 Å². The first-order valence-electron chi connectivity index (χ1n) is 17.2. The largest absolute Gasteiger partial charge is 2.00 e. The van der Waals surface area contributed by atoms with E-state index in [1.165, 1.54) is 43.6 Å². The molecule has 6 nitrogen and oxygen atoms in total. The summed E-state index contributed by atoms with van der Waals surface area (Å²) < 4.78 is 8.45. The SMILES string of the molecule is CC(C)(c1ccn(-c2[c-]ccc(-n3c4ccccc4c4ccccc43)c2)n1)c1ccn(-c2[c-]ccc(-n3c4ccccc4c4ccccc43)c2)n1.[Pt+2]. The zero-order valence-electron chi connectivity index (χ0n) is 28.5. The molecule has 0 spiro atoms. The summed E-state index contributed by atoms with van der Waals surface area (Å²) in [4.78, 5) is 0. The van der Waals surface area contributed by atoms with Crippen LogP contribution < -0.4 is 0 Å². The number of hydrogen-bond donors (Lipinski definition) is 0. The van der Waals surface area contributed by atoms with Crippen LogP contribution in [0, 0.1) is 12.1 Å². The van der Waals surface area contributed by atoms with E-state index in [9.17, 15) is 0 Å². The molecule has 4 heterocycles. The van der Waals surface area contributed by atoms with Crippen molar-refractivity contribution in [3.63, 3.8) is 0 Å². The Bertz CT molecular complexity index is 2620. The molecule has 6 aromatic carbocycles. The predicted octanol–water partition coefficient (Wildman–Crippen LogP) is 10.2. The second kappa shape index (κ2) is 12.4. The van der Waals surface area contributed by atoms with Gasteiger partial charge in [-0.1, -0.05) is 84.2 Å². The Morgan fingerprint density at radius 2 is 0.808 bits per heavy atom. The molecule has 4 aromatic heterocycles. The molecule has 0 bridgehead atoms. The van der Waals surface area contributed by atoms with Crippen LogP contribution in [0.3, 0.4) is 0 Å². The third kappa shape index (κ3) is 4.97. The quantitative estimate of drug-likeness (QED) is 0.157. The third-order valence-corrected chi connectivity index (χ3v) is 10.2. The number of fused-ring (bicyclic) bond motifs is 6. The minimum atomic E-state index is -0.453. The van der Waals surface area contributed by atoms with Crippen LogP contribution in [-0.2, 0) is 26.5 Å². The molecular formula is C45H32N6Pt. The number of nitrogens with zero attached hydrogens (tertiary/aromatic N) is 6. The Labute approximate surface area is 315 Å². The minimum Gasteiger partial charge on any atom is -0.333 e. The Balaban J connectivity index is 0.00000360. The van der Waals surface area contributed by atoms with Gasteiger partial charge in [0, 0.05) is 33.9 Å². The molecule has 0 radical (unpaired) electrons. The zero-order valence-corrected chi connectivity index (χ0v) is 30.8. The molecule has 10 rings (SSSR count). The smallest absolute Gasteiger partial charge is 0.333 e. The number of hydrogen-bond acceptors (Lipinski definition) is 2. The van der Waals surface area contributed by atoms with Gasteiger partial charge in [-0.25, -0.2) is 0 Å². The standard InChI is InChI=1S/C45H32N6.Pt/c1-45(2,43-25-27-48(46-43)31-13-11-15-33(29-31)50-39-21-7-3-17-35(39)36-18-4-8-22-40(36)50)44-26-28-49(47-44)32-14-12-16-34(30-32)51-41-23-9-5-19-37(41)38-20-6-10-24-42(38)51;/h3-12,15-30H,1-2H3;/q-2;+2. The van der Waals surface area contributed by atoms with Gasteiger partial charge >= 0.3 is 21.1 Å². The van der Waals surface area contributed by atoms with E-state index in [-0.39, 0.29) is 21.1 Å². The Morgan fingerprint density at radius 1 is 0.462 bits per heavy atom. The topological polar surface area (TPSA) is 45.5 Å². The van der Waals surface area contributed by atoms with E-state index in [0.717, 1.165) is 34.1 Å². The molecule has 0 atom stereocenters. The van der Waals surface area contributed by atoms with E-state index in [2.05, 4.69) is 169 Å². The first-order valence-corrected chi connectivity index (χ1v) is 17.2. The van der Waals surface area contributed by atoms with E-state index >= 15 is 0 Å². The Kier molecular flexibility index (Phi) is 7.60. The zero-order chi connectivity index (χ0) is 34.1. The molecule has 0 amide bonds. The van der Waals surface area contributed by atoms with Gasteiger partial charge in [-0.3, -0.25) is 9.36 Å². The predicted molar refractivity (Wildman–Crippen MR) is 206 cm³/mol. The molecule has 0 unspecified atom stereocenters. The van der Waals surface area contributed by atoms with Gasteiger partial charge in [0.15, 0.2) is 0 Å². The van der Waals surface area contributed by atoms with Gasteiger partial charge in [0.1, 0.15) is 0 Å². The van der Waals surface area contributed by atoms with Crippen molar-refractivity contribution in [2.24, 2.45) is 0 Å². The van der Waals surface area contributed by atoms with E-state index < -0.39 is 5.41 Å². The van der Waals surface area contributed by atoms with Crippen LogP contribution in [0.25, 0.3) is 66.4 Å². The maximum Gasteiger partial charge on any atom is 2.00 e. The van der Waals surface area contributed by atoms with Gasteiger partial charge in [0.05, 0.1) is 38.9 Å². The summed E-state index contributed by atoms with van der Waals surface area (Å²) in [7, 11) is 0. The Hall–Kier alpha value is -5.97. The first-order chi connectivity index (χ1) is 25.0. The van der Waals surface area contributed by atoms with Crippen molar-refractivity contribution in [2.45, 2.75) is 19.3 Å². The summed E-state index contributed by atoms with van der Waals surface area (Å²) in [6.07, 6.45) is 4.02. The molecule has 0 aliphatic rings. The summed E-state index contributed by atoms with van der Waals surface area (Å²) in [6.45, 7) is 4.34. The van der Waals surface area contributed by atoms with Crippen LogP contribution in [-0.4, -0.2) is 28.7 Å². The van der Waals surface area contributed by atoms with Gasteiger partial charge < -0.3 is 9.13 Å². The normalized spacial score (nSPS) is 11.9. The molecule has 52 heavy (non-hydrogen) atoms. The molecule has 0 aliphatic carbocycles. The molecule has 0 saturated carbocycles. The number of benzene rings is 6. The van der Waals surface area contributed by atoms with E-state index in [4.69, 9.17) is 10.2 Å². The number of para-hydroxylation sites is 4. The van der Waals surface area contributed by atoms with Crippen LogP contribution in [0.15, 0.2) is 158 Å². The molecule has 0 aliphatic heterocycles. The maximum absolute atomic E-state index is 5.08. The fourth-order valence-corrected chi connectivity index (χ4v) is 7.54. The van der Waals surface area contributed by atoms with Crippen molar-refractivity contribution >= 4 is 43.6 Å². The monoisotopic (exact) mass is 851 g/mol. The molecule has 0 saturated heterocycles. The van der Waals surface area contributed by atoms with Crippen molar-refractivity contribution in [3.05, 3.63) is 182 Å². The maximum atomic E-state index is 5.08. The number of aromatic nitrogens is 6. The minimum absolute atomic E-state index is 0. The summed E-state index contributed by atoms with van der Waals surface area (Å²) >= 11 is 0. The Morgan fingerprint density at radius 3 is 1.17 bits per heavy atom. The average Bonchev–Trinajstić information content (AvgIpc) is 3.99. The van der Waals surface area contributed by atoms with Crippen molar-refractivity contribution in [2.75, 3.05) is 0 Å². The molecule has 10 aromatic rings. The third-order valence-electron chi connectivity index (χ3n) is 10.2. The van der Waals surface area contributed by atoms with Crippen LogP contribution in [0.2, 0.25) is 0 Å². The fourth-order valence-electron chi connectivity index (χ4n) is 7.54. The molecule has 0 fully saturated rings. The van der Waals surface area contributed by atoms with Crippen molar-refractivity contribution in [1.29, 1.82) is 0 Å². The summed E-state index contributed by atoms with van der Waals surface area (Å²) in [5, 5.41) is 15.1. The molecule has 252 valence electrons. The second-order valence-corrected chi connectivity index (χ2v) is 13.5. The molecular weight excluding hydrogens is 820 g/mol. The van der Waals surface area contributed by atoms with Crippen LogP contribution in [0.4, 0.5) is 0 Å². The fraction of sp³-hybridized carbons (Fsp3) is 0.0667.